The standard InChI is InChI=1S/C21H27FN4O/c1-15(2)12-21(3,14-26-10-5-4-9-24-26)25-20(27)17-11-16-7-6-8-18(22)19(16)23-13-17/h6-9,11,13,15H,4-5,10,12,14H2,1-3H3,(H,25,27). The quantitative estimate of drug-likeness (QED) is 0.836. The third-order valence-corrected chi connectivity index (χ3v) is 4.72. The first-order chi connectivity index (χ1) is 12.9. The fraction of sp³-hybridized carbons (Fsp3) is 0.476. The Labute approximate surface area is 159 Å². The second kappa shape index (κ2) is 8.03. The summed E-state index contributed by atoms with van der Waals surface area (Å²) in [5.41, 5.74) is 0.295. The van der Waals surface area contributed by atoms with Crippen LogP contribution in [0.4, 0.5) is 4.39 Å². The zero-order valence-electron chi connectivity index (χ0n) is 16.2. The predicted molar refractivity (Wildman–Crippen MR) is 106 cm³/mol. The summed E-state index contributed by atoms with van der Waals surface area (Å²) < 4.78 is 13.8. The number of carbonyl (C=O) groups excluding carboxylic acids is 1. The second-order valence-corrected chi connectivity index (χ2v) is 7.98. The number of hydrogen-bond acceptors (Lipinski definition) is 4. The Kier molecular flexibility index (Phi) is 5.73. The van der Waals surface area contributed by atoms with Crippen molar-refractivity contribution in [3.8, 4) is 0 Å². The van der Waals surface area contributed by atoms with E-state index in [1.54, 1.807) is 18.2 Å². The third kappa shape index (κ3) is 4.81. The lowest BCUT2D eigenvalue weighted by Gasteiger charge is -2.37. The maximum atomic E-state index is 13.8. The fourth-order valence-electron chi connectivity index (χ4n) is 3.77. The summed E-state index contributed by atoms with van der Waals surface area (Å²) in [6, 6.07) is 6.44. The molecule has 0 spiro atoms. The molecule has 0 fully saturated rings. The minimum Gasteiger partial charge on any atom is -0.345 e. The molecule has 0 saturated carbocycles. The van der Waals surface area contributed by atoms with Crippen LogP contribution in [0.1, 0.15) is 50.4 Å². The van der Waals surface area contributed by atoms with E-state index in [0.717, 1.165) is 25.8 Å². The molecule has 6 heteroatoms. The zero-order valence-corrected chi connectivity index (χ0v) is 16.2. The first-order valence-electron chi connectivity index (χ1n) is 9.50. The molecule has 0 bridgehead atoms. The van der Waals surface area contributed by atoms with Crippen molar-refractivity contribution in [3.05, 3.63) is 41.8 Å². The molecule has 0 saturated heterocycles. The molecule has 0 aliphatic carbocycles. The smallest absolute Gasteiger partial charge is 0.253 e. The second-order valence-electron chi connectivity index (χ2n) is 7.98. The SMILES string of the molecule is CC(C)CC(C)(CN1CCCC=N1)NC(=O)c1cnc2c(F)cccc2c1. The molecule has 2 heterocycles. The van der Waals surface area contributed by atoms with Gasteiger partial charge in [0.25, 0.3) is 5.91 Å². The summed E-state index contributed by atoms with van der Waals surface area (Å²) in [6.07, 6.45) is 6.29. The molecular formula is C21H27FN4O. The van der Waals surface area contributed by atoms with Crippen LogP contribution < -0.4 is 5.32 Å². The van der Waals surface area contributed by atoms with E-state index in [2.05, 4.69) is 36.2 Å². The maximum Gasteiger partial charge on any atom is 0.253 e. The molecule has 1 atom stereocenters. The van der Waals surface area contributed by atoms with E-state index in [-0.39, 0.29) is 17.2 Å². The van der Waals surface area contributed by atoms with E-state index in [1.165, 1.54) is 12.3 Å². The molecule has 144 valence electrons. The number of pyridine rings is 1. The molecule has 2 aromatic rings. The minimum absolute atomic E-state index is 0.196. The Balaban J connectivity index is 1.81. The van der Waals surface area contributed by atoms with Crippen LogP contribution in [-0.2, 0) is 0 Å². The molecule has 1 N–H and O–H groups in total. The minimum atomic E-state index is -0.420. The number of hydrazone groups is 1. The first-order valence-corrected chi connectivity index (χ1v) is 9.50. The van der Waals surface area contributed by atoms with Crippen LogP contribution in [0.15, 0.2) is 35.6 Å². The highest BCUT2D eigenvalue weighted by molar-refractivity contribution is 5.97. The van der Waals surface area contributed by atoms with Crippen molar-refractivity contribution >= 4 is 23.0 Å². The van der Waals surface area contributed by atoms with Gasteiger partial charge in [-0.1, -0.05) is 26.0 Å². The normalized spacial score (nSPS) is 16.6. The van der Waals surface area contributed by atoms with Gasteiger partial charge in [-0.3, -0.25) is 14.8 Å². The van der Waals surface area contributed by atoms with E-state index in [9.17, 15) is 9.18 Å². The van der Waals surface area contributed by atoms with Crippen molar-refractivity contribution in [1.82, 2.24) is 15.3 Å². The largest absolute Gasteiger partial charge is 0.345 e. The Morgan fingerprint density at radius 3 is 2.93 bits per heavy atom. The number of rotatable bonds is 6. The van der Waals surface area contributed by atoms with Crippen molar-refractivity contribution in [2.45, 2.75) is 45.6 Å². The lowest BCUT2D eigenvalue weighted by molar-refractivity contribution is 0.0852. The van der Waals surface area contributed by atoms with Crippen molar-refractivity contribution in [2.75, 3.05) is 13.1 Å². The monoisotopic (exact) mass is 370 g/mol. The summed E-state index contributed by atoms with van der Waals surface area (Å²) >= 11 is 0. The number of fused-ring (bicyclic) bond motifs is 1. The molecule has 1 aliphatic rings. The highest BCUT2D eigenvalue weighted by Gasteiger charge is 2.30. The van der Waals surface area contributed by atoms with Gasteiger partial charge in [0, 0.05) is 24.3 Å². The number of hydrogen-bond donors (Lipinski definition) is 1. The lowest BCUT2D eigenvalue weighted by atomic mass is 9.89. The molecule has 1 unspecified atom stereocenters. The third-order valence-electron chi connectivity index (χ3n) is 4.72. The number of halogens is 1. The first kappa shape index (κ1) is 19.3. The fourth-order valence-corrected chi connectivity index (χ4v) is 3.77. The van der Waals surface area contributed by atoms with Gasteiger partial charge in [-0.05, 0) is 44.2 Å². The van der Waals surface area contributed by atoms with Gasteiger partial charge in [-0.2, -0.15) is 5.10 Å². The Bertz CT molecular complexity index is 851. The van der Waals surface area contributed by atoms with E-state index >= 15 is 0 Å². The summed E-state index contributed by atoms with van der Waals surface area (Å²) in [4.78, 5) is 17.0. The zero-order chi connectivity index (χ0) is 19.4. The van der Waals surface area contributed by atoms with Gasteiger partial charge in [0.15, 0.2) is 0 Å². The summed E-state index contributed by atoms with van der Waals surface area (Å²) in [5, 5.41) is 10.3. The van der Waals surface area contributed by atoms with Gasteiger partial charge in [-0.15, -0.1) is 0 Å². The van der Waals surface area contributed by atoms with Crippen molar-refractivity contribution < 1.29 is 9.18 Å². The highest BCUT2D eigenvalue weighted by atomic mass is 19.1. The van der Waals surface area contributed by atoms with Gasteiger partial charge in [0.1, 0.15) is 11.3 Å². The number of nitrogens with zero attached hydrogens (tertiary/aromatic N) is 3. The van der Waals surface area contributed by atoms with E-state index in [4.69, 9.17) is 0 Å². The van der Waals surface area contributed by atoms with E-state index in [1.807, 2.05) is 11.2 Å². The summed E-state index contributed by atoms with van der Waals surface area (Å²) in [7, 11) is 0. The number of benzene rings is 1. The van der Waals surface area contributed by atoms with E-state index in [0.29, 0.717) is 23.4 Å². The van der Waals surface area contributed by atoms with Gasteiger partial charge in [0.05, 0.1) is 17.6 Å². The van der Waals surface area contributed by atoms with Gasteiger partial charge in [-0.25, -0.2) is 4.39 Å². The Morgan fingerprint density at radius 1 is 1.41 bits per heavy atom. The molecule has 1 amide bonds. The molecule has 1 aromatic carbocycles. The average molecular weight is 370 g/mol. The molecular weight excluding hydrogens is 343 g/mol. The van der Waals surface area contributed by atoms with Gasteiger partial charge >= 0.3 is 0 Å². The Morgan fingerprint density at radius 2 is 2.22 bits per heavy atom. The Hall–Kier alpha value is -2.50. The van der Waals surface area contributed by atoms with Crippen molar-refractivity contribution in [1.29, 1.82) is 0 Å². The van der Waals surface area contributed by atoms with Crippen LogP contribution in [0.5, 0.6) is 0 Å². The van der Waals surface area contributed by atoms with Crippen LogP contribution in [0.2, 0.25) is 0 Å². The number of carbonyl (C=O) groups is 1. The average Bonchev–Trinajstić information content (AvgIpc) is 2.61. The number of amides is 1. The summed E-state index contributed by atoms with van der Waals surface area (Å²) in [6.45, 7) is 7.90. The summed E-state index contributed by atoms with van der Waals surface area (Å²) in [5.74, 6) is -0.155. The van der Waals surface area contributed by atoms with Crippen LogP contribution in [0.3, 0.4) is 0 Å². The van der Waals surface area contributed by atoms with Crippen LogP contribution in [0, 0.1) is 11.7 Å². The van der Waals surface area contributed by atoms with Crippen LogP contribution >= 0.6 is 0 Å². The maximum absolute atomic E-state index is 13.8. The van der Waals surface area contributed by atoms with Gasteiger partial charge in [0.2, 0.25) is 0 Å². The number of nitrogens with one attached hydrogen (secondary N) is 1. The van der Waals surface area contributed by atoms with Crippen molar-refractivity contribution in [3.63, 3.8) is 0 Å². The topological polar surface area (TPSA) is 57.6 Å². The van der Waals surface area contributed by atoms with Crippen LogP contribution in [0.25, 0.3) is 10.9 Å². The van der Waals surface area contributed by atoms with Gasteiger partial charge < -0.3 is 5.32 Å². The highest BCUT2D eigenvalue weighted by Crippen LogP contribution is 2.22. The molecule has 0 radical (unpaired) electrons. The van der Waals surface area contributed by atoms with Crippen molar-refractivity contribution in [2.24, 2.45) is 11.0 Å². The molecule has 5 nitrogen and oxygen atoms in total. The van der Waals surface area contributed by atoms with Crippen LogP contribution in [-0.4, -0.2) is 40.7 Å². The molecule has 1 aromatic heterocycles. The number of aromatic nitrogens is 1. The molecule has 27 heavy (non-hydrogen) atoms. The number of para-hydroxylation sites is 1. The lowest BCUT2D eigenvalue weighted by Crippen LogP contribution is -2.53. The predicted octanol–water partition coefficient (Wildman–Crippen LogP) is 3.99. The molecule has 3 rings (SSSR count). The molecule has 1 aliphatic heterocycles. The van der Waals surface area contributed by atoms with E-state index < -0.39 is 5.54 Å².